The summed E-state index contributed by atoms with van der Waals surface area (Å²) in [6.07, 6.45) is 9.60. The molecular formula is C26H41NO4. The van der Waals surface area contributed by atoms with Gasteiger partial charge in [0.15, 0.2) is 17.3 Å². The van der Waals surface area contributed by atoms with Crippen LogP contribution < -0.4 is 4.74 Å². The summed E-state index contributed by atoms with van der Waals surface area (Å²) in [6, 6.07) is 3.75. The summed E-state index contributed by atoms with van der Waals surface area (Å²) in [5, 5.41) is 19.9. The van der Waals surface area contributed by atoms with Gasteiger partial charge >= 0.3 is 0 Å². The van der Waals surface area contributed by atoms with Gasteiger partial charge in [-0.3, -0.25) is 4.79 Å². The number of carbonyl (C=O) groups excluding carboxylic acids is 1. The molecular weight excluding hydrogens is 390 g/mol. The number of carbonyl (C=O) groups is 1. The molecule has 1 rings (SSSR count). The maximum atomic E-state index is 12.2. The van der Waals surface area contributed by atoms with Gasteiger partial charge in [-0.05, 0) is 96.3 Å². The van der Waals surface area contributed by atoms with Crippen LogP contribution in [0.4, 0.5) is 0 Å². The van der Waals surface area contributed by atoms with Gasteiger partial charge in [0, 0.05) is 12.5 Å². The number of phenols is 1. The van der Waals surface area contributed by atoms with E-state index in [9.17, 15) is 15.0 Å². The van der Waals surface area contributed by atoms with E-state index in [4.69, 9.17) is 4.74 Å². The molecule has 0 aliphatic carbocycles. The van der Waals surface area contributed by atoms with E-state index in [-0.39, 0.29) is 17.5 Å². The highest BCUT2D eigenvalue weighted by Crippen LogP contribution is 2.30. The third kappa shape index (κ3) is 10.7. The van der Waals surface area contributed by atoms with Crippen molar-refractivity contribution in [3.8, 4) is 11.5 Å². The predicted molar refractivity (Wildman–Crippen MR) is 128 cm³/mol. The lowest BCUT2D eigenvalue weighted by Gasteiger charge is -2.15. The Balaban J connectivity index is 2.68. The Labute approximate surface area is 188 Å². The number of hydrogen-bond donors (Lipinski definition) is 2. The molecule has 1 aromatic rings. The highest BCUT2D eigenvalue weighted by Gasteiger charge is 2.13. The number of rotatable bonds is 13. The average Bonchev–Trinajstić information content (AvgIpc) is 2.68. The van der Waals surface area contributed by atoms with Crippen molar-refractivity contribution in [3.63, 3.8) is 0 Å². The zero-order valence-electron chi connectivity index (χ0n) is 20.4. The van der Waals surface area contributed by atoms with Gasteiger partial charge in [-0.15, -0.1) is 0 Å². The van der Waals surface area contributed by atoms with Gasteiger partial charge in [0.05, 0.1) is 12.7 Å². The molecule has 2 N–H and O–H groups in total. The Hall–Kier alpha value is -2.11. The first-order valence-electron chi connectivity index (χ1n) is 11.1. The lowest BCUT2D eigenvalue weighted by Crippen LogP contribution is -2.16. The second-order valence-corrected chi connectivity index (χ2v) is 9.28. The van der Waals surface area contributed by atoms with Crippen LogP contribution in [0, 0.1) is 5.92 Å². The summed E-state index contributed by atoms with van der Waals surface area (Å²) in [5.74, 6) is 0.685. The number of benzene rings is 1. The number of likely N-dealkylation sites (N-methyl/N-ethyl adjacent to an activating group) is 1. The highest BCUT2D eigenvalue weighted by atomic mass is 16.5. The van der Waals surface area contributed by atoms with Crippen LogP contribution in [-0.4, -0.2) is 54.2 Å². The zero-order valence-corrected chi connectivity index (χ0v) is 20.4. The third-order valence-corrected chi connectivity index (χ3v) is 5.35. The minimum atomic E-state index is -0.962. The third-order valence-electron chi connectivity index (χ3n) is 5.35. The fourth-order valence-electron chi connectivity index (χ4n) is 3.25. The summed E-state index contributed by atoms with van der Waals surface area (Å²) in [7, 11) is 5.67. The van der Waals surface area contributed by atoms with E-state index in [1.807, 2.05) is 33.2 Å². The van der Waals surface area contributed by atoms with Crippen LogP contribution in [0.1, 0.15) is 58.1 Å². The number of phenolic OH excluding ortho intramolecular Hbond substituents is 1. The zero-order chi connectivity index (χ0) is 23.6. The second-order valence-electron chi connectivity index (χ2n) is 9.28. The summed E-state index contributed by atoms with van der Waals surface area (Å²) in [5.41, 5.74) is 2.61. The van der Waals surface area contributed by atoms with Crippen LogP contribution in [0.2, 0.25) is 0 Å². The Morgan fingerprint density at radius 2 is 1.94 bits per heavy atom. The Bertz CT molecular complexity index is 772. The van der Waals surface area contributed by atoms with Gasteiger partial charge in [-0.2, -0.15) is 0 Å². The summed E-state index contributed by atoms with van der Waals surface area (Å²) in [6.45, 7) is 8.29. The number of aliphatic hydroxyl groups is 1. The smallest absolute Gasteiger partial charge is 0.160 e. The summed E-state index contributed by atoms with van der Waals surface area (Å²) in [4.78, 5) is 14.3. The van der Waals surface area contributed by atoms with E-state index >= 15 is 0 Å². The monoisotopic (exact) mass is 431 g/mol. The second kappa shape index (κ2) is 12.7. The van der Waals surface area contributed by atoms with E-state index in [0.717, 1.165) is 44.2 Å². The number of ketones is 1. The van der Waals surface area contributed by atoms with E-state index in [1.165, 1.54) is 17.2 Å². The SMILES string of the molecule is COc1cc(CCN(C)C)c(CC=C(C)CCCC(C)C(=O)C=CC(C)(C)O)cc1O. The molecule has 0 aromatic heterocycles. The van der Waals surface area contributed by atoms with Crippen molar-refractivity contribution in [1.29, 1.82) is 0 Å². The van der Waals surface area contributed by atoms with Gasteiger partial charge in [0.1, 0.15) is 0 Å². The molecule has 0 aliphatic heterocycles. The predicted octanol–water partition coefficient (Wildman–Crippen LogP) is 4.70. The van der Waals surface area contributed by atoms with Crippen molar-refractivity contribution in [2.75, 3.05) is 27.7 Å². The molecule has 0 fully saturated rings. The lowest BCUT2D eigenvalue weighted by atomic mass is 9.95. The summed E-state index contributed by atoms with van der Waals surface area (Å²) < 4.78 is 5.28. The van der Waals surface area contributed by atoms with E-state index < -0.39 is 5.60 Å². The molecule has 0 spiro atoms. The number of methoxy groups -OCH3 is 1. The number of allylic oxidation sites excluding steroid dienone is 3. The fraction of sp³-hybridized carbons (Fsp3) is 0.577. The molecule has 0 aliphatic rings. The molecule has 0 saturated carbocycles. The minimum Gasteiger partial charge on any atom is -0.504 e. The molecule has 0 radical (unpaired) electrons. The van der Waals surface area contributed by atoms with E-state index in [2.05, 4.69) is 17.9 Å². The van der Waals surface area contributed by atoms with Crippen LogP contribution in [0.3, 0.4) is 0 Å². The summed E-state index contributed by atoms with van der Waals surface area (Å²) >= 11 is 0. The van der Waals surface area contributed by atoms with Gasteiger partial charge in [0.2, 0.25) is 0 Å². The lowest BCUT2D eigenvalue weighted by molar-refractivity contribution is -0.118. The first-order chi connectivity index (χ1) is 14.4. The van der Waals surface area contributed by atoms with Crippen molar-refractivity contribution in [1.82, 2.24) is 4.90 Å². The van der Waals surface area contributed by atoms with Gasteiger partial charge in [-0.25, -0.2) is 0 Å². The van der Waals surface area contributed by atoms with Crippen molar-refractivity contribution in [2.24, 2.45) is 5.92 Å². The fourth-order valence-corrected chi connectivity index (χ4v) is 3.25. The number of hydrogen-bond acceptors (Lipinski definition) is 5. The van der Waals surface area contributed by atoms with Crippen LogP contribution in [0.25, 0.3) is 0 Å². The topological polar surface area (TPSA) is 70.0 Å². The van der Waals surface area contributed by atoms with Crippen LogP contribution in [0.5, 0.6) is 11.5 Å². The van der Waals surface area contributed by atoms with Crippen LogP contribution in [0.15, 0.2) is 35.9 Å². The van der Waals surface area contributed by atoms with E-state index in [1.54, 1.807) is 27.0 Å². The molecule has 0 amide bonds. The van der Waals surface area contributed by atoms with Crippen molar-refractivity contribution in [3.05, 3.63) is 47.1 Å². The number of aromatic hydroxyl groups is 1. The molecule has 5 nitrogen and oxygen atoms in total. The van der Waals surface area contributed by atoms with Crippen LogP contribution >= 0.6 is 0 Å². The molecule has 174 valence electrons. The van der Waals surface area contributed by atoms with Crippen molar-refractivity contribution in [2.45, 2.75) is 65.4 Å². The molecule has 1 unspecified atom stereocenters. The maximum Gasteiger partial charge on any atom is 0.160 e. The Kier molecular flexibility index (Phi) is 11.0. The first-order valence-corrected chi connectivity index (χ1v) is 11.1. The molecule has 31 heavy (non-hydrogen) atoms. The largest absolute Gasteiger partial charge is 0.504 e. The van der Waals surface area contributed by atoms with Crippen molar-refractivity contribution < 1.29 is 19.7 Å². The normalized spacial score (nSPS) is 13.8. The first kappa shape index (κ1) is 26.9. The average molecular weight is 432 g/mol. The number of ether oxygens (including phenoxy) is 1. The van der Waals surface area contributed by atoms with Crippen LogP contribution in [-0.2, 0) is 17.6 Å². The minimum absolute atomic E-state index is 0.0532. The van der Waals surface area contributed by atoms with E-state index in [0.29, 0.717) is 5.75 Å². The van der Waals surface area contributed by atoms with Gasteiger partial charge in [-0.1, -0.05) is 24.6 Å². The molecule has 0 saturated heterocycles. The Morgan fingerprint density at radius 1 is 1.26 bits per heavy atom. The standard InChI is InChI=1S/C26H41NO4/c1-19(9-8-10-20(2)23(28)13-15-26(3,4)30)11-12-21-17-24(29)25(31-7)18-22(21)14-16-27(5)6/h11,13,15,17-18,20,29-30H,8-10,12,14,16H2,1-7H3. The Morgan fingerprint density at radius 3 is 2.52 bits per heavy atom. The maximum absolute atomic E-state index is 12.2. The van der Waals surface area contributed by atoms with Crippen molar-refractivity contribution >= 4 is 5.78 Å². The van der Waals surface area contributed by atoms with Gasteiger partial charge < -0.3 is 19.8 Å². The number of nitrogens with zero attached hydrogens (tertiary/aromatic N) is 1. The molecule has 1 atom stereocenters. The quantitative estimate of drug-likeness (QED) is 0.350. The highest BCUT2D eigenvalue weighted by molar-refractivity contribution is 5.91. The molecule has 5 heteroatoms. The molecule has 0 bridgehead atoms. The molecule has 1 aromatic carbocycles. The van der Waals surface area contributed by atoms with Gasteiger partial charge in [0.25, 0.3) is 0 Å². The molecule has 0 heterocycles.